The molecule has 0 aliphatic carbocycles. The second-order valence-electron chi connectivity index (χ2n) is 32.5. The molecule has 0 aromatic heterocycles. The minimum absolute atomic E-state index is 0.107. The summed E-state index contributed by atoms with van der Waals surface area (Å²) in [5.41, 5.74) is 0. The maximum absolute atomic E-state index is 13.2. The smallest absolute Gasteiger partial charge is 0.462 e. The highest BCUT2D eigenvalue weighted by Gasteiger charge is 2.31. The molecule has 0 aromatic carbocycles. The van der Waals surface area contributed by atoms with E-state index in [1.165, 1.54) is 263 Å². The second-order valence-corrected chi connectivity index (χ2v) is 35.4. The Morgan fingerprint density at radius 2 is 0.481 bits per heavy atom. The van der Waals surface area contributed by atoms with Crippen LogP contribution in [-0.4, -0.2) is 96.7 Å². The lowest BCUT2D eigenvalue weighted by molar-refractivity contribution is -0.161. The molecule has 0 bridgehead atoms. The highest BCUT2D eigenvalue weighted by Crippen LogP contribution is 2.45. The zero-order valence-electron chi connectivity index (χ0n) is 69.9. The molecule has 630 valence electrons. The van der Waals surface area contributed by atoms with Gasteiger partial charge in [-0.3, -0.25) is 37.3 Å². The number of phosphoric ester groups is 2. The average Bonchev–Trinajstić information content (AvgIpc) is 0.905. The van der Waals surface area contributed by atoms with E-state index in [2.05, 4.69) is 48.5 Å². The molecule has 17 nitrogen and oxygen atoms in total. The van der Waals surface area contributed by atoms with Crippen LogP contribution in [0.2, 0.25) is 0 Å². The van der Waals surface area contributed by atoms with E-state index in [1.807, 2.05) is 0 Å². The van der Waals surface area contributed by atoms with Crippen molar-refractivity contribution in [3.63, 3.8) is 0 Å². The minimum atomic E-state index is -4.97. The first-order valence-corrected chi connectivity index (χ1v) is 47.9. The number of phosphoric acid groups is 2. The summed E-state index contributed by atoms with van der Waals surface area (Å²) in [7, 11) is -9.93. The van der Waals surface area contributed by atoms with Gasteiger partial charge in [-0.15, -0.1) is 0 Å². The molecule has 106 heavy (non-hydrogen) atoms. The van der Waals surface area contributed by atoms with Gasteiger partial charge in [-0.25, -0.2) is 9.13 Å². The molecule has 6 atom stereocenters. The summed E-state index contributed by atoms with van der Waals surface area (Å²) in [4.78, 5) is 73.2. The Balaban J connectivity index is 5.22. The van der Waals surface area contributed by atoms with E-state index in [1.54, 1.807) is 0 Å². The molecule has 3 N–H and O–H groups in total. The van der Waals surface area contributed by atoms with E-state index < -0.39 is 97.5 Å². The van der Waals surface area contributed by atoms with Gasteiger partial charge in [-0.1, -0.05) is 408 Å². The first-order chi connectivity index (χ1) is 51.3. The molecule has 0 fully saturated rings. The summed E-state index contributed by atoms with van der Waals surface area (Å²) in [6.45, 7) is 12.0. The predicted molar refractivity (Wildman–Crippen MR) is 437 cm³/mol. The van der Waals surface area contributed by atoms with Gasteiger partial charge in [0.15, 0.2) is 12.2 Å². The summed E-state index contributed by atoms with van der Waals surface area (Å²) < 4.78 is 68.9. The lowest BCUT2D eigenvalue weighted by Gasteiger charge is -2.21. The largest absolute Gasteiger partial charge is 0.472 e. The standard InChI is InChI=1S/C87H170O17P2/c1-8-10-11-12-13-14-15-16-17-18-22-25-30-35-40-47-54-61-68-84(89)97-74-82(103-86(91)70-63-56-48-41-36-31-26-23-20-19-21-24-29-34-39-46-53-60-67-80(7)9-2)76-101-105(93,94)99-72-81(88)73-100-106(95,96)102-77-83(75-98-85(90)69-62-55-50-43-45-52-59-66-79(5)6)104-87(92)71-64-57-49-42-37-32-27-28-33-38-44-51-58-65-78(3)4/h78-83,88H,8-77H2,1-7H3,(H,93,94)(H,95,96)/t80?,81-,82-,83-/m1/s1. The summed E-state index contributed by atoms with van der Waals surface area (Å²) in [5.74, 6) is 0.258. The summed E-state index contributed by atoms with van der Waals surface area (Å²) in [5, 5.41) is 10.7. The molecule has 0 aliphatic heterocycles. The van der Waals surface area contributed by atoms with Gasteiger partial charge in [0.05, 0.1) is 26.4 Å². The van der Waals surface area contributed by atoms with Crippen LogP contribution in [0.4, 0.5) is 0 Å². The fourth-order valence-corrected chi connectivity index (χ4v) is 15.1. The van der Waals surface area contributed by atoms with Crippen molar-refractivity contribution in [3.05, 3.63) is 0 Å². The number of carbonyl (C=O) groups is 4. The van der Waals surface area contributed by atoms with E-state index in [4.69, 9.17) is 37.0 Å². The van der Waals surface area contributed by atoms with E-state index in [9.17, 15) is 43.2 Å². The van der Waals surface area contributed by atoms with Gasteiger partial charge in [0, 0.05) is 25.7 Å². The maximum atomic E-state index is 13.2. The number of carbonyl (C=O) groups excluding carboxylic acids is 4. The summed E-state index contributed by atoms with van der Waals surface area (Å²) in [6, 6.07) is 0. The number of aliphatic hydroxyl groups excluding tert-OH is 1. The number of aliphatic hydroxyl groups is 1. The van der Waals surface area contributed by atoms with Crippen LogP contribution in [0.15, 0.2) is 0 Å². The molecule has 0 spiro atoms. The van der Waals surface area contributed by atoms with Crippen molar-refractivity contribution in [1.29, 1.82) is 0 Å². The average molecular weight is 1550 g/mol. The van der Waals surface area contributed by atoms with E-state index >= 15 is 0 Å². The maximum Gasteiger partial charge on any atom is 0.472 e. The van der Waals surface area contributed by atoms with Gasteiger partial charge >= 0.3 is 39.5 Å². The van der Waals surface area contributed by atoms with Gasteiger partial charge in [0.2, 0.25) is 0 Å². The Hall–Kier alpha value is -1.94. The minimum Gasteiger partial charge on any atom is -0.462 e. The number of esters is 4. The topological polar surface area (TPSA) is 237 Å². The van der Waals surface area contributed by atoms with Crippen LogP contribution in [0.1, 0.15) is 459 Å². The van der Waals surface area contributed by atoms with Crippen LogP contribution < -0.4 is 0 Å². The highest BCUT2D eigenvalue weighted by atomic mass is 31.2. The number of rotatable bonds is 85. The number of hydrogen-bond acceptors (Lipinski definition) is 15. The molecule has 0 saturated carbocycles. The first kappa shape index (κ1) is 104. The SMILES string of the molecule is CCCCCCCCCCCCCCCCCCCCC(=O)OC[C@H](COP(=O)(O)OC[C@@H](O)COP(=O)(O)OC[C@@H](COC(=O)CCCCCCCCCC(C)C)OC(=O)CCCCCCCCCCCCCCCC(C)C)OC(=O)CCCCCCCCCCCCCCCCCCCCC(C)CC. The molecule has 0 heterocycles. The molecule has 0 aromatic rings. The molecular weight excluding hydrogens is 1380 g/mol. The van der Waals surface area contributed by atoms with E-state index in [0.717, 1.165) is 108 Å². The molecule has 0 amide bonds. The quantitative estimate of drug-likeness (QED) is 0.0222. The number of hydrogen-bond donors (Lipinski definition) is 3. The van der Waals surface area contributed by atoms with Crippen molar-refractivity contribution in [3.8, 4) is 0 Å². The van der Waals surface area contributed by atoms with Crippen molar-refractivity contribution < 1.29 is 80.2 Å². The van der Waals surface area contributed by atoms with Crippen LogP contribution in [0.25, 0.3) is 0 Å². The molecule has 0 saturated heterocycles. The monoisotopic (exact) mass is 1550 g/mol. The van der Waals surface area contributed by atoms with Crippen molar-refractivity contribution in [2.24, 2.45) is 17.8 Å². The Morgan fingerprint density at radius 1 is 0.274 bits per heavy atom. The van der Waals surface area contributed by atoms with E-state index in [-0.39, 0.29) is 25.7 Å². The van der Waals surface area contributed by atoms with Gasteiger partial charge in [-0.05, 0) is 43.4 Å². The number of unbranched alkanes of at least 4 members (excludes halogenated alkanes) is 52. The third-order valence-corrected chi connectivity index (χ3v) is 22.6. The van der Waals surface area contributed by atoms with Crippen LogP contribution in [0.3, 0.4) is 0 Å². The molecule has 0 aliphatic rings. The third-order valence-electron chi connectivity index (χ3n) is 20.7. The molecular formula is C87H170O17P2. The zero-order valence-corrected chi connectivity index (χ0v) is 71.7. The molecule has 3 unspecified atom stereocenters. The van der Waals surface area contributed by atoms with Gasteiger partial charge in [-0.2, -0.15) is 0 Å². The summed E-state index contributed by atoms with van der Waals surface area (Å²) >= 11 is 0. The van der Waals surface area contributed by atoms with Crippen LogP contribution in [-0.2, 0) is 65.4 Å². The Morgan fingerprint density at radius 3 is 0.717 bits per heavy atom. The Labute approximate surface area is 651 Å². The fourth-order valence-electron chi connectivity index (χ4n) is 13.5. The molecule has 0 rings (SSSR count). The van der Waals surface area contributed by atoms with Crippen LogP contribution in [0, 0.1) is 17.8 Å². The van der Waals surface area contributed by atoms with Crippen molar-refractivity contribution in [2.75, 3.05) is 39.6 Å². The zero-order chi connectivity index (χ0) is 77.9. The Kier molecular flexibility index (Phi) is 75.6. The van der Waals surface area contributed by atoms with E-state index in [0.29, 0.717) is 31.6 Å². The predicted octanol–water partition coefficient (Wildman–Crippen LogP) is 26.5. The molecule has 19 heteroatoms. The first-order valence-electron chi connectivity index (χ1n) is 44.9. The van der Waals surface area contributed by atoms with Gasteiger partial charge in [0.1, 0.15) is 19.3 Å². The highest BCUT2D eigenvalue weighted by molar-refractivity contribution is 7.47. The summed E-state index contributed by atoms with van der Waals surface area (Å²) in [6.07, 6.45) is 68.1. The second kappa shape index (κ2) is 77.0. The lowest BCUT2D eigenvalue weighted by Crippen LogP contribution is -2.30. The fraction of sp³-hybridized carbons (Fsp3) is 0.954. The normalized spacial score (nSPS) is 14.1. The van der Waals surface area contributed by atoms with Crippen molar-refractivity contribution in [2.45, 2.75) is 478 Å². The number of ether oxygens (including phenoxy) is 4. The lowest BCUT2D eigenvalue weighted by atomic mass is 9.99. The third kappa shape index (κ3) is 78.7. The van der Waals surface area contributed by atoms with Gasteiger partial charge < -0.3 is 33.8 Å². The van der Waals surface area contributed by atoms with Gasteiger partial charge in [0.25, 0.3) is 0 Å². The van der Waals surface area contributed by atoms with Crippen LogP contribution in [0.5, 0.6) is 0 Å². The molecule has 0 radical (unpaired) electrons. The van der Waals surface area contributed by atoms with Crippen molar-refractivity contribution >= 4 is 39.5 Å². The van der Waals surface area contributed by atoms with Crippen molar-refractivity contribution in [1.82, 2.24) is 0 Å². The Bertz CT molecular complexity index is 2050. The van der Waals surface area contributed by atoms with Crippen LogP contribution >= 0.6 is 15.6 Å².